The number of fused-ring (bicyclic) bond motifs is 2. The van der Waals surface area contributed by atoms with Crippen molar-refractivity contribution in [1.29, 1.82) is 0 Å². The molecular formula is C31H46O8. The summed E-state index contributed by atoms with van der Waals surface area (Å²) in [5, 5.41) is 20.7. The first-order valence-corrected chi connectivity index (χ1v) is 13.6. The van der Waals surface area contributed by atoms with Crippen LogP contribution in [0, 0.1) is 11.8 Å². The topological polar surface area (TPSA) is 112 Å². The molecule has 1 fully saturated rings. The Bertz CT molecular complexity index is 989. The molecule has 2 bridgehead atoms. The molecule has 0 aromatic rings. The van der Waals surface area contributed by atoms with E-state index in [0.29, 0.717) is 24.0 Å². The van der Waals surface area contributed by atoms with Crippen molar-refractivity contribution in [3.05, 3.63) is 59.3 Å². The number of hydrogen-bond acceptors (Lipinski definition) is 8. The number of cyclic esters (lactones) is 1. The minimum absolute atomic E-state index is 0.109. The van der Waals surface area contributed by atoms with Gasteiger partial charge < -0.3 is 29.2 Å². The Morgan fingerprint density at radius 3 is 2.41 bits per heavy atom. The number of rotatable bonds is 5. The Morgan fingerprint density at radius 2 is 1.79 bits per heavy atom. The summed E-state index contributed by atoms with van der Waals surface area (Å²) in [4.78, 5) is 26.0. The van der Waals surface area contributed by atoms with E-state index in [-0.39, 0.29) is 30.0 Å². The zero-order chi connectivity index (χ0) is 29.3. The van der Waals surface area contributed by atoms with Gasteiger partial charge in [-0.05, 0) is 51.3 Å². The van der Waals surface area contributed by atoms with Gasteiger partial charge in [0.1, 0.15) is 18.3 Å². The number of allylic oxidation sites excluding steroid dienone is 4. The highest BCUT2D eigenvalue weighted by Crippen LogP contribution is 2.33. The molecule has 0 unspecified atom stereocenters. The van der Waals surface area contributed by atoms with E-state index in [4.69, 9.17) is 18.9 Å². The van der Waals surface area contributed by atoms with Gasteiger partial charge in [-0.25, -0.2) is 4.79 Å². The van der Waals surface area contributed by atoms with Gasteiger partial charge in [-0.1, -0.05) is 50.3 Å². The van der Waals surface area contributed by atoms with E-state index in [0.717, 1.165) is 5.57 Å². The average Bonchev–Trinajstić information content (AvgIpc) is 3.31. The average molecular weight is 547 g/mol. The van der Waals surface area contributed by atoms with Gasteiger partial charge in [-0.2, -0.15) is 0 Å². The normalized spacial score (nSPS) is 33.4. The molecule has 1 saturated heterocycles. The molecule has 2 N–H and O–H groups in total. The third kappa shape index (κ3) is 9.36. The molecule has 8 heteroatoms. The lowest BCUT2D eigenvalue weighted by Gasteiger charge is -2.27. The van der Waals surface area contributed by atoms with Crippen molar-refractivity contribution in [3.8, 4) is 0 Å². The molecule has 2 aliphatic rings. The number of carbonyl (C=O) groups is 2. The lowest BCUT2D eigenvalue weighted by atomic mass is 9.93. The van der Waals surface area contributed by atoms with Crippen LogP contribution in [0.3, 0.4) is 0 Å². The number of Topliss-reactive ketones (excluding diaryl/α,β-unsaturated/α-hetero) is 1. The summed E-state index contributed by atoms with van der Waals surface area (Å²) in [6.45, 7) is 10.5. The monoisotopic (exact) mass is 546 g/mol. The zero-order valence-electron chi connectivity index (χ0n) is 24.5. The predicted octanol–water partition coefficient (Wildman–Crippen LogP) is 4.02. The van der Waals surface area contributed by atoms with Gasteiger partial charge in [-0.3, -0.25) is 4.79 Å². The van der Waals surface area contributed by atoms with Gasteiger partial charge in [0, 0.05) is 38.0 Å². The summed E-state index contributed by atoms with van der Waals surface area (Å²) in [6.07, 6.45) is 9.47. The maximum absolute atomic E-state index is 13.2. The molecule has 218 valence electrons. The van der Waals surface area contributed by atoms with Crippen molar-refractivity contribution in [3.63, 3.8) is 0 Å². The Labute approximate surface area is 233 Å². The number of esters is 1. The van der Waals surface area contributed by atoms with Crippen molar-refractivity contribution in [2.75, 3.05) is 14.2 Å². The highest BCUT2D eigenvalue weighted by atomic mass is 16.6. The number of ketones is 1. The Hall–Kier alpha value is -2.36. The molecule has 0 saturated carbocycles. The van der Waals surface area contributed by atoms with Crippen LogP contribution in [0.25, 0.3) is 0 Å². The minimum atomic E-state index is -0.760. The number of hydrogen-bond donors (Lipinski definition) is 2. The van der Waals surface area contributed by atoms with E-state index in [1.54, 1.807) is 65.2 Å². The Balaban J connectivity index is 2.50. The molecular weight excluding hydrogens is 500 g/mol. The van der Waals surface area contributed by atoms with Crippen molar-refractivity contribution in [2.24, 2.45) is 11.8 Å². The highest BCUT2D eigenvalue weighted by molar-refractivity contribution is 5.99. The summed E-state index contributed by atoms with van der Waals surface area (Å²) < 4.78 is 23.4. The van der Waals surface area contributed by atoms with Crippen LogP contribution >= 0.6 is 0 Å². The van der Waals surface area contributed by atoms with E-state index in [1.807, 2.05) is 26.0 Å². The molecule has 0 aromatic heterocycles. The second kappa shape index (κ2) is 15.4. The van der Waals surface area contributed by atoms with Gasteiger partial charge in [-0.15, -0.1) is 0 Å². The third-order valence-corrected chi connectivity index (χ3v) is 7.47. The summed E-state index contributed by atoms with van der Waals surface area (Å²) >= 11 is 0. The highest BCUT2D eigenvalue weighted by Gasteiger charge is 2.40. The van der Waals surface area contributed by atoms with Gasteiger partial charge in [0.25, 0.3) is 0 Å². The molecule has 2 heterocycles. The van der Waals surface area contributed by atoms with Crippen LogP contribution in [0.4, 0.5) is 0 Å². The van der Waals surface area contributed by atoms with Crippen LogP contribution < -0.4 is 0 Å². The SMILES string of the molecule is CO[C@H]1C[C@H]2O[C@H]1C=C(C)[C@H](O)CC=CC=C(C)C(=O)[C@@H](C)C=C(C)C(=O)O[C@H](/C=C/[C@@H](OC)[C@H](C)O)[C@@H]2C. The second-order valence-corrected chi connectivity index (χ2v) is 10.6. The number of aliphatic hydroxyl groups excluding tert-OH is 2. The van der Waals surface area contributed by atoms with Crippen molar-refractivity contribution in [1.82, 2.24) is 0 Å². The number of methoxy groups -OCH3 is 2. The molecule has 0 spiro atoms. The third-order valence-electron chi connectivity index (χ3n) is 7.47. The summed E-state index contributed by atoms with van der Waals surface area (Å²) in [5.41, 5.74) is 1.62. The van der Waals surface area contributed by atoms with E-state index >= 15 is 0 Å². The standard InChI is InChI=1S/C31H46O8/c1-18-11-9-10-12-24(33)19(2)16-29-28(37-8)17-27(38-29)22(5)25(13-14-26(36-7)23(6)32)39-31(35)21(4)15-20(3)30(18)34/h9-11,13-16,20,22-29,32-33H,12,17H2,1-8H3/b10-9?,14-13+,18-11?,19-16?,21-15?/t20-,22-,23-,24+,25+,26+,27+,28-,29-/m0/s1. The van der Waals surface area contributed by atoms with Crippen molar-refractivity contribution in [2.45, 2.75) is 97.1 Å². The smallest absolute Gasteiger partial charge is 0.334 e. The van der Waals surface area contributed by atoms with E-state index in [1.165, 1.54) is 7.11 Å². The van der Waals surface area contributed by atoms with Crippen LogP contribution in [0.2, 0.25) is 0 Å². The molecule has 8 nitrogen and oxygen atoms in total. The van der Waals surface area contributed by atoms with Crippen LogP contribution in [-0.2, 0) is 28.5 Å². The van der Waals surface area contributed by atoms with E-state index in [2.05, 4.69) is 0 Å². The maximum atomic E-state index is 13.2. The van der Waals surface area contributed by atoms with Crippen molar-refractivity contribution < 1.29 is 38.7 Å². The fraction of sp³-hybridized carbons (Fsp3) is 0.613. The van der Waals surface area contributed by atoms with E-state index < -0.39 is 36.3 Å². The van der Waals surface area contributed by atoms with Crippen molar-refractivity contribution >= 4 is 11.8 Å². The molecule has 0 radical (unpaired) electrons. The van der Waals surface area contributed by atoms with E-state index in [9.17, 15) is 19.8 Å². The predicted molar refractivity (Wildman–Crippen MR) is 150 cm³/mol. The molecule has 39 heavy (non-hydrogen) atoms. The lowest BCUT2D eigenvalue weighted by Crippen LogP contribution is -2.33. The summed E-state index contributed by atoms with van der Waals surface area (Å²) in [5.74, 6) is -1.46. The number of ether oxygens (including phenoxy) is 4. The van der Waals surface area contributed by atoms with Crippen LogP contribution in [0.15, 0.2) is 59.3 Å². The maximum Gasteiger partial charge on any atom is 0.334 e. The second-order valence-electron chi connectivity index (χ2n) is 10.6. The minimum Gasteiger partial charge on any atom is -0.454 e. The van der Waals surface area contributed by atoms with Crippen LogP contribution in [0.5, 0.6) is 0 Å². The van der Waals surface area contributed by atoms with Gasteiger partial charge in [0.15, 0.2) is 5.78 Å². The quantitative estimate of drug-likeness (QED) is 0.393. The largest absolute Gasteiger partial charge is 0.454 e. The molecule has 2 rings (SSSR count). The molecule has 0 aromatic carbocycles. The summed E-state index contributed by atoms with van der Waals surface area (Å²) in [6, 6.07) is 0. The first-order chi connectivity index (χ1) is 18.4. The lowest BCUT2D eigenvalue weighted by molar-refractivity contribution is -0.146. The van der Waals surface area contributed by atoms with Crippen LogP contribution in [-0.4, -0.2) is 78.9 Å². The van der Waals surface area contributed by atoms with Gasteiger partial charge in [0.05, 0.1) is 24.4 Å². The fourth-order valence-electron chi connectivity index (χ4n) is 4.76. The molecule has 0 aliphatic carbocycles. The first kappa shape index (κ1) is 32.8. The molecule has 9 atom stereocenters. The molecule has 2 aliphatic heterocycles. The van der Waals surface area contributed by atoms with Crippen LogP contribution in [0.1, 0.15) is 54.4 Å². The fourth-order valence-corrected chi connectivity index (χ4v) is 4.76. The summed E-state index contributed by atoms with van der Waals surface area (Å²) in [7, 11) is 3.13. The Morgan fingerprint density at radius 1 is 1.10 bits per heavy atom. The zero-order valence-corrected chi connectivity index (χ0v) is 24.5. The van der Waals surface area contributed by atoms with Gasteiger partial charge >= 0.3 is 5.97 Å². The first-order valence-electron chi connectivity index (χ1n) is 13.6. The molecule has 0 amide bonds. The number of aliphatic hydroxyl groups is 2. The Kier molecular flexibility index (Phi) is 13.0. The van der Waals surface area contributed by atoms with Gasteiger partial charge in [0.2, 0.25) is 0 Å². The number of carbonyl (C=O) groups excluding carboxylic acids is 2.